The van der Waals surface area contributed by atoms with E-state index in [0.717, 1.165) is 12.1 Å². The Morgan fingerprint density at radius 1 is 0.872 bits per heavy atom. The van der Waals surface area contributed by atoms with Gasteiger partial charge in [-0.3, -0.25) is 9.59 Å². The summed E-state index contributed by atoms with van der Waals surface area (Å²) in [5.41, 5.74) is 2.29. The second-order valence-corrected chi connectivity index (χ2v) is 8.75. The van der Waals surface area contributed by atoms with Gasteiger partial charge in [0.1, 0.15) is 11.6 Å². The average Bonchev–Trinajstić information content (AvgIpc) is 2.91. The molecule has 1 unspecified atom stereocenters. The SMILES string of the molecule is COc1cc(C(CC(=O)O)NC(=O)c2ccc(-c3ccc(C(F)(F)F)cc3)cc2)ccc1-c1cccc(F)c1. The van der Waals surface area contributed by atoms with Crippen LogP contribution in [0, 0.1) is 5.82 Å². The molecule has 9 heteroatoms. The van der Waals surface area contributed by atoms with Gasteiger partial charge in [0.15, 0.2) is 0 Å². The number of nitrogens with one attached hydrogen (secondary N) is 1. The molecule has 0 aliphatic carbocycles. The van der Waals surface area contributed by atoms with Crippen LogP contribution in [0.2, 0.25) is 0 Å². The standard InChI is InChI=1S/C30H23F4NO4/c1-39-27-16-22(11-14-25(27)21-3-2-4-24(31)15-21)26(17-28(36)37)35-29(38)20-7-5-18(6-8-20)19-9-12-23(13-10-19)30(32,33)34/h2-16,26H,17H2,1H3,(H,35,38)(H,36,37). The number of ether oxygens (including phenoxy) is 1. The van der Waals surface area contributed by atoms with Crippen molar-refractivity contribution < 1.29 is 37.0 Å². The summed E-state index contributed by atoms with van der Waals surface area (Å²) in [4.78, 5) is 24.6. The minimum absolute atomic E-state index is 0.240. The number of hydrogen-bond donors (Lipinski definition) is 2. The van der Waals surface area contributed by atoms with E-state index in [4.69, 9.17) is 4.74 Å². The van der Waals surface area contributed by atoms with Crippen molar-refractivity contribution in [3.63, 3.8) is 0 Å². The zero-order valence-electron chi connectivity index (χ0n) is 20.6. The number of carboxylic acids is 1. The molecule has 200 valence electrons. The van der Waals surface area contributed by atoms with Crippen LogP contribution in [-0.2, 0) is 11.0 Å². The van der Waals surface area contributed by atoms with Gasteiger partial charge in [0.25, 0.3) is 5.91 Å². The average molecular weight is 538 g/mol. The Morgan fingerprint density at radius 2 is 1.51 bits per heavy atom. The first-order valence-corrected chi connectivity index (χ1v) is 11.8. The first-order valence-electron chi connectivity index (χ1n) is 11.8. The number of hydrogen-bond acceptors (Lipinski definition) is 3. The van der Waals surface area contributed by atoms with Crippen LogP contribution >= 0.6 is 0 Å². The first kappa shape index (κ1) is 27.4. The lowest BCUT2D eigenvalue weighted by molar-refractivity contribution is -0.138. The van der Waals surface area contributed by atoms with Crippen molar-refractivity contribution in [3.8, 4) is 28.0 Å². The van der Waals surface area contributed by atoms with Gasteiger partial charge >= 0.3 is 12.1 Å². The van der Waals surface area contributed by atoms with E-state index in [2.05, 4.69) is 5.32 Å². The maximum Gasteiger partial charge on any atom is 0.416 e. The van der Waals surface area contributed by atoms with E-state index in [-0.39, 0.29) is 5.56 Å². The maximum atomic E-state index is 13.7. The number of halogens is 4. The number of carbonyl (C=O) groups excluding carboxylic acids is 1. The molecule has 4 rings (SSSR count). The van der Waals surface area contributed by atoms with Gasteiger partial charge in [-0.2, -0.15) is 13.2 Å². The summed E-state index contributed by atoms with van der Waals surface area (Å²) in [5.74, 6) is -1.71. The third kappa shape index (κ3) is 6.62. The number of amides is 1. The molecule has 0 aliphatic rings. The highest BCUT2D eigenvalue weighted by atomic mass is 19.4. The molecule has 0 radical (unpaired) electrons. The van der Waals surface area contributed by atoms with Crippen LogP contribution in [0.4, 0.5) is 17.6 Å². The van der Waals surface area contributed by atoms with Gasteiger partial charge in [-0.25, -0.2) is 4.39 Å². The molecule has 39 heavy (non-hydrogen) atoms. The summed E-state index contributed by atoms with van der Waals surface area (Å²) >= 11 is 0. The molecule has 1 amide bonds. The van der Waals surface area contributed by atoms with Crippen LogP contribution in [0.15, 0.2) is 91.0 Å². The van der Waals surface area contributed by atoms with Crippen molar-refractivity contribution in [2.75, 3.05) is 7.11 Å². The minimum atomic E-state index is -4.43. The van der Waals surface area contributed by atoms with Gasteiger partial charge in [-0.05, 0) is 64.7 Å². The lowest BCUT2D eigenvalue weighted by atomic mass is 9.97. The van der Waals surface area contributed by atoms with Crippen LogP contribution in [0.25, 0.3) is 22.3 Å². The normalized spacial score (nSPS) is 12.0. The summed E-state index contributed by atoms with van der Waals surface area (Å²) in [5, 5.41) is 12.2. The molecule has 0 aliphatic heterocycles. The second-order valence-electron chi connectivity index (χ2n) is 8.75. The Morgan fingerprint density at radius 3 is 2.08 bits per heavy atom. The highest BCUT2D eigenvalue weighted by molar-refractivity contribution is 5.95. The van der Waals surface area contributed by atoms with Crippen molar-refractivity contribution in [2.24, 2.45) is 0 Å². The predicted octanol–water partition coefficient (Wildman–Crippen LogP) is 7.13. The van der Waals surface area contributed by atoms with Gasteiger partial charge in [0.05, 0.1) is 25.1 Å². The fraction of sp³-hybridized carbons (Fsp3) is 0.133. The molecule has 4 aromatic carbocycles. The molecular formula is C30H23F4NO4. The summed E-state index contributed by atoms with van der Waals surface area (Å²) in [6.45, 7) is 0. The molecule has 0 aromatic heterocycles. The van der Waals surface area contributed by atoms with E-state index in [0.29, 0.717) is 33.6 Å². The van der Waals surface area contributed by atoms with Crippen LogP contribution in [0.5, 0.6) is 5.75 Å². The Balaban J connectivity index is 1.55. The van der Waals surface area contributed by atoms with E-state index in [1.165, 1.54) is 43.5 Å². The topological polar surface area (TPSA) is 75.6 Å². The summed E-state index contributed by atoms with van der Waals surface area (Å²) in [6.07, 6.45) is -4.84. The number of rotatable bonds is 8. The molecule has 1 atom stereocenters. The van der Waals surface area contributed by atoms with Gasteiger partial charge < -0.3 is 15.2 Å². The summed E-state index contributed by atoms with van der Waals surface area (Å²) in [7, 11) is 1.44. The molecule has 0 spiro atoms. The number of aliphatic carboxylic acids is 1. The molecule has 0 fully saturated rings. The smallest absolute Gasteiger partial charge is 0.416 e. The van der Waals surface area contributed by atoms with Crippen molar-refractivity contribution in [1.82, 2.24) is 5.32 Å². The summed E-state index contributed by atoms with van der Waals surface area (Å²) in [6, 6.07) is 20.8. The highest BCUT2D eigenvalue weighted by Crippen LogP contribution is 2.34. The monoisotopic (exact) mass is 537 g/mol. The first-order chi connectivity index (χ1) is 18.5. The number of carbonyl (C=O) groups is 2. The van der Waals surface area contributed by atoms with Gasteiger partial charge in [-0.15, -0.1) is 0 Å². The van der Waals surface area contributed by atoms with Gasteiger partial charge in [-0.1, -0.05) is 48.5 Å². The number of benzene rings is 4. The van der Waals surface area contributed by atoms with Crippen molar-refractivity contribution >= 4 is 11.9 Å². The van der Waals surface area contributed by atoms with Crippen LogP contribution in [0.3, 0.4) is 0 Å². The van der Waals surface area contributed by atoms with Gasteiger partial charge in [0.2, 0.25) is 0 Å². The maximum absolute atomic E-state index is 13.7. The molecular weight excluding hydrogens is 514 g/mol. The van der Waals surface area contributed by atoms with Gasteiger partial charge in [0, 0.05) is 11.1 Å². The molecule has 5 nitrogen and oxygen atoms in total. The number of alkyl halides is 3. The molecule has 0 bridgehead atoms. The lowest BCUT2D eigenvalue weighted by Crippen LogP contribution is -2.30. The molecule has 0 saturated heterocycles. The number of carboxylic acid groups (broad SMARTS) is 1. The summed E-state index contributed by atoms with van der Waals surface area (Å²) < 4.78 is 57.7. The van der Waals surface area contributed by atoms with E-state index in [1.807, 2.05) is 0 Å². The largest absolute Gasteiger partial charge is 0.496 e. The zero-order valence-corrected chi connectivity index (χ0v) is 20.6. The Hall–Kier alpha value is -4.66. The quantitative estimate of drug-likeness (QED) is 0.235. The van der Waals surface area contributed by atoms with Crippen LogP contribution < -0.4 is 10.1 Å². The third-order valence-corrected chi connectivity index (χ3v) is 6.14. The van der Waals surface area contributed by atoms with Crippen LogP contribution in [-0.4, -0.2) is 24.1 Å². The zero-order chi connectivity index (χ0) is 28.2. The molecule has 0 heterocycles. The van der Waals surface area contributed by atoms with Crippen LogP contribution in [0.1, 0.15) is 33.9 Å². The van der Waals surface area contributed by atoms with E-state index >= 15 is 0 Å². The lowest BCUT2D eigenvalue weighted by Gasteiger charge is -2.20. The Bertz CT molecular complexity index is 1480. The highest BCUT2D eigenvalue weighted by Gasteiger charge is 2.30. The molecule has 2 N–H and O–H groups in total. The van der Waals surface area contributed by atoms with Crippen molar-refractivity contribution in [2.45, 2.75) is 18.6 Å². The molecule has 0 saturated carbocycles. The Labute approximate surface area is 221 Å². The predicted molar refractivity (Wildman–Crippen MR) is 138 cm³/mol. The fourth-order valence-corrected chi connectivity index (χ4v) is 4.15. The Kier molecular flexibility index (Phi) is 7.99. The van der Waals surface area contributed by atoms with Crippen molar-refractivity contribution in [1.29, 1.82) is 0 Å². The van der Waals surface area contributed by atoms with E-state index < -0.39 is 41.9 Å². The van der Waals surface area contributed by atoms with E-state index in [1.54, 1.807) is 42.5 Å². The minimum Gasteiger partial charge on any atom is -0.496 e. The number of methoxy groups -OCH3 is 1. The van der Waals surface area contributed by atoms with E-state index in [9.17, 15) is 32.3 Å². The molecule has 4 aromatic rings. The second kappa shape index (κ2) is 11.4. The third-order valence-electron chi connectivity index (χ3n) is 6.14. The fourth-order valence-electron chi connectivity index (χ4n) is 4.15. The van der Waals surface area contributed by atoms with Crippen molar-refractivity contribution in [3.05, 3.63) is 114 Å².